The van der Waals surface area contributed by atoms with Gasteiger partial charge in [0.2, 0.25) is 5.91 Å². The molecule has 4 heteroatoms. The molecule has 0 aromatic carbocycles. The van der Waals surface area contributed by atoms with Crippen molar-refractivity contribution in [2.75, 3.05) is 6.54 Å². The second-order valence-corrected chi connectivity index (χ2v) is 4.29. The minimum atomic E-state index is 0.144. The highest BCUT2D eigenvalue weighted by molar-refractivity contribution is 5.76. The van der Waals surface area contributed by atoms with Gasteiger partial charge in [-0.3, -0.25) is 4.79 Å². The molecule has 4 nitrogen and oxygen atoms in total. The minimum absolute atomic E-state index is 0.144. The van der Waals surface area contributed by atoms with Gasteiger partial charge in [-0.2, -0.15) is 0 Å². The highest BCUT2D eigenvalue weighted by atomic mass is 16.3. The first-order valence-electron chi connectivity index (χ1n) is 5.79. The van der Waals surface area contributed by atoms with Crippen molar-refractivity contribution in [1.29, 1.82) is 0 Å². The lowest BCUT2D eigenvalue weighted by Gasteiger charge is -2.13. The third kappa shape index (κ3) is 3.10. The molecule has 1 fully saturated rings. The summed E-state index contributed by atoms with van der Waals surface area (Å²) in [5.41, 5.74) is 0. The summed E-state index contributed by atoms with van der Waals surface area (Å²) in [4.78, 5) is 11.3. The van der Waals surface area contributed by atoms with Gasteiger partial charge in [0.25, 0.3) is 0 Å². The van der Waals surface area contributed by atoms with Crippen molar-refractivity contribution in [3.8, 4) is 0 Å². The van der Waals surface area contributed by atoms with Crippen molar-refractivity contribution >= 4 is 5.91 Å². The van der Waals surface area contributed by atoms with Gasteiger partial charge in [-0.25, -0.2) is 0 Å². The average Bonchev–Trinajstić information content (AvgIpc) is 2.55. The number of aryl methyl sites for hydroxylation is 1. The molecule has 0 saturated carbocycles. The first-order valence-corrected chi connectivity index (χ1v) is 5.79. The Labute approximate surface area is 95.4 Å². The number of nitrogens with one attached hydrogen (secondary N) is 2. The molecule has 1 aromatic rings. The summed E-state index contributed by atoms with van der Waals surface area (Å²) < 4.78 is 5.47. The molecular weight excluding hydrogens is 204 g/mol. The monoisotopic (exact) mass is 222 g/mol. The summed E-state index contributed by atoms with van der Waals surface area (Å²) in [6.07, 6.45) is 2.65. The van der Waals surface area contributed by atoms with E-state index in [1.807, 2.05) is 19.1 Å². The maximum Gasteiger partial charge on any atom is 0.221 e. The molecule has 2 heterocycles. The molecular formula is C12H18N2O2. The molecule has 1 aromatic heterocycles. The average molecular weight is 222 g/mol. The van der Waals surface area contributed by atoms with E-state index in [4.69, 9.17) is 4.42 Å². The summed E-state index contributed by atoms with van der Waals surface area (Å²) in [6, 6.07) is 4.20. The van der Waals surface area contributed by atoms with Crippen molar-refractivity contribution in [2.45, 2.75) is 38.8 Å². The highest BCUT2D eigenvalue weighted by Crippen LogP contribution is 2.09. The van der Waals surface area contributed by atoms with E-state index < -0.39 is 0 Å². The van der Waals surface area contributed by atoms with Crippen LogP contribution < -0.4 is 10.6 Å². The van der Waals surface area contributed by atoms with Crippen LogP contribution >= 0.6 is 0 Å². The molecule has 0 aliphatic carbocycles. The molecule has 1 atom stereocenters. The zero-order valence-corrected chi connectivity index (χ0v) is 9.58. The summed E-state index contributed by atoms with van der Waals surface area (Å²) in [5, 5.41) is 6.24. The van der Waals surface area contributed by atoms with E-state index >= 15 is 0 Å². The second kappa shape index (κ2) is 5.16. The summed E-state index contributed by atoms with van der Waals surface area (Å²) in [5.74, 6) is 2.00. The molecule has 1 saturated heterocycles. The van der Waals surface area contributed by atoms with Gasteiger partial charge in [0.15, 0.2) is 0 Å². The fourth-order valence-corrected chi connectivity index (χ4v) is 1.97. The lowest BCUT2D eigenvalue weighted by Crippen LogP contribution is -2.32. The molecule has 88 valence electrons. The first-order chi connectivity index (χ1) is 7.74. The molecule has 1 aliphatic heterocycles. The number of amides is 1. The van der Waals surface area contributed by atoms with Crippen LogP contribution in [0.15, 0.2) is 16.5 Å². The van der Waals surface area contributed by atoms with Crippen LogP contribution in [0.1, 0.15) is 30.8 Å². The Balaban J connectivity index is 1.82. The molecule has 2 N–H and O–H groups in total. The van der Waals surface area contributed by atoms with Crippen molar-refractivity contribution in [3.05, 3.63) is 23.7 Å². The summed E-state index contributed by atoms with van der Waals surface area (Å²) in [6.45, 7) is 3.44. The Bertz CT molecular complexity index is 360. The van der Waals surface area contributed by atoms with Crippen LogP contribution in [0.2, 0.25) is 0 Å². The van der Waals surface area contributed by atoms with Crippen LogP contribution in [0, 0.1) is 6.92 Å². The van der Waals surface area contributed by atoms with Crippen LogP contribution in [0.4, 0.5) is 0 Å². The van der Waals surface area contributed by atoms with E-state index in [0.29, 0.717) is 13.0 Å². The minimum Gasteiger partial charge on any atom is -0.465 e. The lowest BCUT2D eigenvalue weighted by molar-refractivity contribution is -0.121. The predicted molar refractivity (Wildman–Crippen MR) is 60.9 cm³/mol. The summed E-state index contributed by atoms with van der Waals surface area (Å²) in [7, 11) is 0. The molecule has 16 heavy (non-hydrogen) atoms. The predicted octanol–water partition coefficient (Wildman–Crippen LogP) is 1.35. The SMILES string of the molecule is Cc1ccc(CNC2CCCNC(=O)C2)o1. The van der Waals surface area contributed by atoms with Gasteiger partial charge in [0.05, 0.1) is 6.54 Å². The quantitative estimate of drug-likeness (QED) is 0.811. The normalized spacial score (nSPS) is 21.6. The lowest BCUT2D eigenvalue weighted by atomic mass is 10.1. The maximum atomic E-state index is 11.3. The van der Waals surface area contributed by atoms with Crippen LogP contribution in [0.25, 0.3) is 0 Å². The van der Waals surface area contributed by atoms with E-state index in [1.54, 1.807) is 0 Å². The molecule has 1 aliphatic rings. The van der Waals surface area contributed by atoms with E-state index in [0.717, 1.165) is 30.9 Å². The van der Waals surface area contributed by atoms with Gasteiger partial charge < -0.3 is 15.1 Å². The number of hydrogen-bond donors (Lipinski definition) is 2. The van der Waals surface area contributed by atoms with Crippen molar-refractivity contribution in [3.63, 3.8) is 0 Å². The Morgan fingerprint density at radius 3 is 3.19 bits per heavy atom. The molecule has 2 rings (SSSR count). The van der Waals surface area contributed by atoms with Gasteiger partial charge in [-0.1, -0.05) is 0 Å². The number of carbonyl (C=O) groups excluding carboxylic acids is 1. The number of furan rings is 1. The maximum absolute atomic E-state index is 11.3. The zero-order chi connectivity index (χ0) is 11.4. The second-order valence-electron chi connectivity index (χ2n) is 4.29. The molecule has 1 amide bonds. The van der Waals surface area contributed by atoms with E-state index in [2.05, 4.69) is 10.6 Å². The van der Waals surface area contributed by atoms with Crippen molar-refractivity contribution in [1.82, 2.24) is 10.6 Å². The fraction of sp³-hybridized carbons (Fsp3) is 0.583. The van der Waals surface area contributed by atoms with Gasteiger partial charge in [0.1, 0.15) is 11.5 Å². The first kappa shape index (κ1) is 11.2. The third-order valence-electron chi connectivity index (χ3n) is 2.84. The van der Waals surface area contributed by atoms with Crippen molar-refractivity contribution in [2.24, 2.45) is 0 Å². The third-order valence-corrected chi connectivity index (χ3v) is 2.84. The summed E-state index contributed by atoms with van der Waals surface area (Å²) >= 11 is 0. The largest absolute Gasteiger partial charge is 0.465 e. The Morgan fingerprint density at radius 1 is 1.56 bits per heavy atom. The van der Waals surface area contributed by atoms with Gasteiger partial charge in [-0.05, 0) is 31.9 Å². The fourth-order valence-electron chi connectivity index (χ4n) is 1.97. The highest BCUT2D eigenvalue weighted by Gasteiger charge is 2.16. The Morgan fingerprint density at radius 2 is 2.44 bits per heavy atom. The van der Waals surface area contributed by atoms with E-state index in [-0.39, 0.29) is 11.9 Å². The van der Waals surface area contributed by atoms with Crippen LogP contribution in [0.3, 0.4) is 0 Å². The zero-order valence-electron chi connectivity index (χ0n) is 9.58. The van der Waals surface area contributed by atoms with Crippen LogP contribution in [0.5, 0.6) is 0 Å². The van der Waals surface area contributed by atoms with Gasteiger partial charge >= 0.3 is 0 Å². The molecule has 0 bridgehead atoms. The standard InChI is InChI=1S/C12H18N2O2/c1-9-4-5-11(16-9)8-14-10-3-2-6-13-12(15)7-10/h4-5,10,14H,2-3,6-8H2,1H3,(H,13,15). The molecule has 0 spiro atoms. The number of carbonyl (C=O) groups is 1. The topological polar surface area (TPSA) is 54.3 Å². The van der Waals surface area contributed by atoms with Gasteiger partial charge in [0, 0.05) is 19.0 Å². The van der Waals surface area contributed by atoms with Crippen molar-refractivity contribution < 1.29 is 9.21 Å². The smallest absolute Gasteiger partial charge is 0.221 e. The van der Waals surface area contributed by atoms with Gasteiger partial charge in [-0.15, -0.1) is 0 Å². The van der Waals surface area contributed by atoms with Crippen LogP contribution in [-0.2, 0) is 11.3 Å². The molecule has 1 unspecified atom stereocenters. The van der Waals surface area contributed by atoms with E-state index in [1.165, 1.54) is 0 Å². The Hall–Kier alpha value is -1.29. The number of rotatable bonds is 3. The van der Waals surface area contributed by atoms with E-state index in [9.17, 15) is 4.79 Å². The number of hydrogen-bond acceptors (Lipinski definition) is 3. The molecule has 0 radical (unpaired) electrons. The Kier molecular flexibility index (Phi) is 3.62. The van der Waals surface area contributed by atoms with Crippen LogP contribution in [-0.4, -0.2) is 18.5 Å².